The number of fused-ring (bicyclic) bond motifs is 1. The minimum atomic E-state index is -0.527. The van der Waals surface area contributed by atoms with E-state index in [0.29, 0.717) is 0 Å². The summed E-state index contributed by atoms with van der Waals surface area (Å²) in [5, 5.41) is 0. The number of carbonyl (C=O) groups excluding carboxylic acids is 2. The number of hydrogen-bond donors (Lipinski definition) is 0. The third-order valence-corrected chi connectivity index (χ3v) is 2.96. The molecule has 2 atom stereocenters. The average molecular weight is 211 g/mol. The highest BCUT2D eigenvalue weighted by Crippen LogP contribution is 2.40. The molecule has 4 nitrogen and oxygen atoms in total. The Morgan fingerprint density at radius 1 is 1.40 bits per heavy atom. The normalized spacial score (nSPS) is 29.8. The van der Waals surface area contributed by atoms with Crippen molar-refractivity contribution in [2.24, 2.45) is 5.92 Å². The number of amides is 2. The fourth-order valence-electron chi connectivity index (χ4n) is 2.33. The van der Waals surface area contributed by atoms with Gasteiger partial charge in [-0.1, -0.05) is 6.42 Å². The number of rotatable bonds is 0. The average Bonchev–Trinajstić information content (AvgIpc) is 2.44. The number of carbonyl (C=O) groups is 2. The van der Waals surface area contributed by atoms with Crippen molar-refractivity contribution in [3.63, 3.8) is 0 Å². The van der Waals surface area contributed by atoms with E-state index in [9.17, 15) is 9.59 Å². The summed E-state index contributed by atoms with van der Waals surface area (Å²) in [6, 6.07) is 0.118. The molecular weight excluding hydrogens is 194 g/mol. The Morgan fingerprint density at radius 2 is 2.07 bits per heavy atom. The monoisotopic (exact) mass is 211 g/mol. The van der Waals surface area contributed by atoms with Gasteiger partial charge in [-0.05, 0) is 33.6 Å². The van der Waals surface area contributed by atoms with Crippen molar-refractivity contribution >= 4 is 12.0 Å². The molecule has 4 heteroatoms. The van der Waals surface area contributed by atoms with Crippen LogP contribution in [-0.4, -0.2) is 28.5 Å². The van der Waals surface area contributed by atoms with Gasteiger partial charge in [0, 0.05) is 0 Å². The third kappa shape index (κ3) is 1.73. The first-order valence-corrected chi connectivity index (χ1v) is 5.46. The molecule has 1 saturated heterocycles. The Labute approximate surface area is 89.6 Å². The summed E-state index contributed by atoms with van der Waals surface area (Å²) in [7, 11) is 0. The Morgan fingerprint density at radius 3 is 2.67 bits per heavy atom. The second-order valence-corrected chi connectivity index (χ2v) is 5.29. The molecule has 0 spiro atoms. The van der Waals surface area contributed by atoms with Gasteiger partial charge in [0.25, 0.3) is 0 Å². The van der Waals surface area contributed by atoms with Crippen LogP contribution in [0.2, 0.25) is 0 Å². The van der Waals surface area contributed by atoms with Crippen LogP contribution in [0, 0.1) is 5.92 Å². The van der Waals surface area contributed by atoms with E-state index in [1.54, 1.807) is 20.8 Å². The SMILES string of the molecule is CC(C)(C)OC(=O)N1C(=O)C2CCCC21. The predicted octanol–water partition coefficient (Wildman–Crippen LogP) is 1.93. The summed E-state index contributed by atoms with van der Waals surface area (Å²) in [6.07, 6.45) is 2.44. The molecule has 0 bridgehead atoms. The van der Waals surface area contributed by atoms with E-state index in [1.165, 1.54) is 4.90 Å². The Balaban J connectivity index is 2.00. The van der Waals surface area contributed by atoms with E-state index in [1.807, 2.05) is 0 Å². The summed E-state index contributed by atoms with van der Waals surface area (Å²) < 4.78 is 5.19. The lowest BCUT2D eigenvalue weighted by molar-refractivity contribution is -0.151. The zero-order chi connectivity index (χ0) is 11.2. The van der Waals surface area contributed by atoms with Gasteiger partial charge < -0.3 is 4.74 Å². The van der Waals surface area contributed by atoms with Gasteiger partial charge in [-0.25, -0.2) is 9.69 Å². The molecule has 0 aromatic rings. The molecule has 1 aliphatic carbocycles. The van der Waals surface area contributed by atoms with Crippen LogP contribution in [0.1, 0.15) is 40.0 Å². The number of ether oxygens (including phenoxy) is 1. The third-order valence-electron chi connectivity index (χ3n) is 2.96. The minimum absolute atomic E-state index is 0.0493. The van der Waals surface area contributed by atoms with E-state index in [-0.39, 0.29) is 17.9 Å². The van der Waals surface area contributed by atoms with Gasteiger partial charge >= 0.3 is 6.09 Å². The predicted molar refractivity (Wildman–Crippen MR) is 54.2 cm³/mol. The first-order chi connectivity index (χ1) is 6.90. The highest BCUT2D eigenvalue weighted by Gasteiger charge is 2.53. The van der Waals surface area contributed by atoms with E-state index < -0.39 is 11.7 Å². The first kappa shape index (κ1) is 10.5. The van der Waals surface area contributed by atoms with Crippen LogP contribution in [-0.2, 0) is 9.53 Å². The molecule has 1 heterocycles. The molecule has 1 aliphatic heterocycles. The summed E-state index contributed by atoms with van der Waals surface area (Å²) >= 11 is 0. The van der Waals surface area contributed by atoms with Crippen molar-refractivity contribution in [2.75, 3.05) is 0 Å². The number of β-lactam (4-membered cyclic amide) rings is 1. The largest absolute Gasteiger partial charge is 0.443 e. The zero-order valence-corrected chi connectivity index (χ0v) is 9.45. The standard InChI is InChI=1S/C11H17NO3/c1-11(2,3)15-10(14)12-8-6-4-5-7(8)9(12)13/h7-8H,4-6H2,1-3H3. The van der Waals surface area contributed by atoms with Gasteiger partial charge in [0.1, 0.15) is 5.60 Å². The molecule has 84 valence electrons. The second-order valence-electron chi connectivity index (χ2n) is 5.29. The molecule has 0 aromatic heterocycles. The molecule has 0 N–H and O–H groups in total. The molecule has 2 amide bonds. The van der Waals surface area contributed by atoms with Gasteiger partial charge in [0.05, 0.1) is 12.0 Å². The maximum Gasteiger partial charge on any atom is 0.417 e. The second kappa shape index (κ2) is 3.22. The fraction of sp³-hybridized carbons (Fsp3) is 0.818. The van der Waals surface area contributed by atoms with Crippen LogP contribution < -0.4 is 0 Å². The van der Waals surface area contributed by atoms with Crippen molar-refractivity contribution in [3.8, 4) is 0 Å². The molecule has 2 aliphatic rings. The van der Waals surface area contributed by atoms with Crippen LogP contribution in [0.4, 0.5) is 4.79 Å². The Kier molecular flexibility index (Phi) is 2.24. The van der Waals surface area contributed by atoms with Crippen LogP contribution in [0.3, 0.4) is 0 Å². The van der Waals surface area contributed by atoms with Crippen molar-refractivity contribution < 1.29 is 14.3 Å². The summed E-state index contributed by atoms with van der Waals surface area (Å²) in [4.78, 5) is 24.6. The van der Waals surface area contributed by atoms with Crippen molar-refractivity contribution in [1.29, 1.82) is 0 Å². The first-order valence-electron chi connectivity index (χ1n) is 5.46. The zero-order valence-electron chi connectivity index (χ0n) is 9.45. The Hall–Kier alpha value is -1.06. The van der Waals surface area contributed by atoms with Crippen molar-refractivity contribution in [1.82, 2.24) is 4.90 Å². The fourth-order valence-corrected chi connectivity index (χ4v) is 2.33. The summed E-state index contributed by atoms with van der Waals surface area (Å²) in [5.41, 5.74) is -0.527. The molecule has 1 saturated carbocycles. The van der Waals surface area contributed by atoms with Crippen LogP contribution in [0.15, 0.2) is 0 Å². The number of imide groups is 1. The van der Waals surface area contributed by atoms with E-state index in [2.05, 4.69) is 0 Å². The maximum absolute atomic E-state index is 11.7. The molecule has 2 rings (SSSR count). The highest BCUT2D eigenvalue weighted by atomic mass is 16.6. The van der Waals surface area contributed by atoms with Crippen molar-refractivity contribution in [3.05, 3.63) is 0 Å². The summed E-state index contributed by atoms with van der Waals surface area (Å²) in [6.45, 7) is 5.42. The topological polar surface area (TPSA) is 46.6 Å². The van der Waals surface area contributed by atoms with Crippen LogP contribution >= 0.6 is 0 Å². The van der Waals surface area contributed by atoms with Gasteiger partial charge in [0.2, 0.25) is 5.91 Å². The summed E-state index contributed by atoms with van der Waals surface area (Å²) in [5.74, 6) is 0.0456. The molecule has 2 fully saturated rings. The Bertz CT molecular complexity index is 305. The van der Waals surface area contributed by atoms with E-state index in [4.69, 9.17) is 4.74 Å². The molecule has 0 radical (unpaired) electrons. The van der Waals surface area contributed by atoms with Gasteiger partial charge in [0.15, 0.2) is 0 Å². The van der Waals surface area contributed by atoms with Gasteiger partial charge in [-0.15, -0.1) is 0 Å². The molecule has 15 heavy (non-hydrogen) atoms. The maximum atomic E-state index is 11.7. The lowest BCUT2D eigenvalue weighted by atomic mass is 9.91. The number of likely N-dealkylation sites (tertiary alicyclic amines) is 1. The van der Waals surface area contributed by atoms with Gasteiger partial charge in [-0.2, -0.15) is 0 Å². The number of nitrogens with zero attached hydrogens (tertiary/aromatic N) is 1. The molecule has 2 unspecified atom stereocenters. The highest BCUT2D eigenvalue weighted by molar-refractivity contribution is 5.99. The van der Waals surface area contributed by atoms with E-state index in [0.717, 1.165) is 19.3 Å². The minimum Gasteiger partial charge on any atom is -0.443 e. The smallest absolute Gasteiger partial charge is 0.417 e. The quantitative estimate of drug-likeness (QED) is 0.575. The van der Waals surface area contributed by atoms with Crippen LogP contribution in [0.5, 0.6) is 0 Å². The molecular formula is C11H17NO3. The molecule has 0 aromatic carbocycles. The number of hydrogen-bond acceptors (Lipinski definition) is 3. The van der Waals surface area contributed by atoms with Gasteiger partial charge in [-0.3, -0.25) is 4.79 Å². The van der Waals surface area contributed by atoms with E-state index >= 15 is 0 Å². The lowest BCUT2D eigenvalue weighted by Gasteiger charge is -2.41. The van der Waals surface area contributed by atoms with Crippen molar-refractivity contribution in [2.45, 2.75) is 51.7 Å². The lowest BCUT2D eigenvalue weighted by Crippen LogP contribution is -2.61. The van der Waals surface area contributed by atoms with Crippen LogP contribution in [0.25, 0.3) is 0 Å².